The summed E-state index contributed by atoms with van der Waals surface area (Å²) in [5, 5.41) is 4.09. The van der Waals surface area contributed by atoms with E-state index in [2.05, 4.69) is 10.3 Å². The monoisotopic (exact) mass is 260 g/mol. The van der Waals surface area contributed by atoms with E-state index in [0.717, 1.165) is 17.4 Å². The molecule has 1 rings (SSSR count). The van der Waals surface area contributed by atoms with Crippen molar-refractivity contribution in [3.05, 3.63) is 11.1 Å². The third kappa shape index (κ3) is 4.85. The maximum absolute atomic E-state index is 11.1. The van der Waals surface area contributed by atoms with Gasteiger partial charge in [0.05, 0.1) is 12.4 Å². The molecule has 0 saturated carbocycles. The van der Waals surface area contributed by atoms with E-state index in [1.165, 1.54) is 4.88 Å². The number of thioether (sulfide) groups is 1. The van der Waals surface area contributed by atoms with Gasteiger partial charge in [0, 0.05) is 23.4 Å². The molecule has 0 aromatic carbocycles. The van der Waals surface area contributed by atoms with Crippen molar-refractivity contribution < 1.29 is 9.53 Å². The second-order valence-corrected chi connectivity index (χ2v) is 5.06. The maximum Gasteiger partial charge on any atom is 0.315 e. The molecule has 0 aliphatic rings. The van der Waals surface area contributed by atoms with E-state index in [4.69, 9.17) is 4.74 Å². The van der Waals surface area contributed by atoms with Gasteiger partial charge in [-0.05, 0) is 13.8 Å². The van der Waals surface area contributed by atoms with Gasteiger partial charge in [0.15, 0.2) is 5.13 Å². The fraction of sp³-hybridized carbons (Fsp3) is 0.600. The molecule has 0 fully saturated rings. The zero-order valence-corrected chi connectivity index (χ0v) is 11.1. The van der Waals surface area contributed by atoms with Crippen LogP contribution in [-0.4, -0.2) is 29.9 Å². The molecule has 16 heavy (non-hydrogen) atoms. The number of carbonyl (C=O) groups excluding carboxylic acids is 1. The third-order valence-electron chi connectivity index (χ3n) is 1.65. The van der Waals surface area contributed by atoms with Crippen LogP contribution in [0.2, 0.25) is 0 Å². The van der Waals surface area contributed by atoms with Crippen molar-refractivity contribution in [1.82, 2.24) is 4.98 Å². The number of nitrogens with zero attached hydrogens (tertiary/aromatic N) is 1. The van der Waals surface area contributed by atoms with Crippen molar-refractivity contribution in [2.75, 3.05) is 24.2 Å². The highest BCUT2D eigenvalue weighted by Crippen LogP contribution is 2.22. The number of ether oxygens (including phenoxy) is 1. The smallest absolute Gasteiger partial charge is 0.315 e. The molecule has 1 aromatic heterocycles. The lowest BCUT2D eigenvalue weighted by Gasteiger charge is -2.00. The number of hydrogen-bond donors (Lipinski definition) is 1. The van der Waals surface area contributed by atoms with Gasteiger partial charge in [-0.15, -0.1) is 23.1 Å². The first kappa shape index (κ1) is 13.3. The molecule has 1 N–H and O–H groups in total. The van der Waals surface area contributed by atoms with Gasteiger partial charge in [-0.3, -0.25) is 4.79 Å². The van der Waals surface area contributed by atoms with Gasteiger partial charge >= 0.3 is 5.97 Å². The first-order valence-electron chi connectivity index (χ1n) is 5.18. The highest BCUT2D eigenvalue weighted by Gasteiger charge is 2.04. The van der Waals surface area contributed by atoms with Crippen LogP contribution < -0.4 is 5.32 Å². The van der Waals surface area contributed by atoms with Crippen LogP contribution in [-0.2, 0) is 15.3 Å². The standard InChI is InChI=1S/C10H16N2O2S2/c1-3-11-10-12-5-8(16-10)6-15-7-9(13)14-4-2/h5H,3-4,6-7H2,1-2H3,(H,11,12). The van der Waals surface area contributed by atoms with Crippen LogP contribution in [0, 0.1) is 0 Å². The molecular formula is C10H16N2O2S2. The Morgan fingerprint density at radius 3 is 3.12 bits per heavy atom. The topological polar surface area (TPSA) is 51.2 Å². The minimum atomic E-state index is -0.149. The predicted molar refractivity (Wildman–Crippen MR) is 69.1 cm³/mol. The number of anilines is 1. The number of hydrogen-bond acceptors (Lipinski definition) is 6. The van der Waals surface area contributed by atoms with Gasteiger partial charge in [-0.2, -0.15) is 0 Å². The number of rotatable bonds is 7. The average molecular weight is 260 g/mol. The van der Waals surface area contributed by atoms with Crippen LogP contribution in [0.25, 0.3) is 0 Å². The summed E-state index contributed by atoms with van der Waals surface area (Å²) in [5.41, 5.74) is 0. The fourth-order valence-electron chi connectivity index (χ4n) is 1.04. The molecule has 1 aromatic rings. The van der Waals surface area contributed by atoms with Crippen molar-refractivity contribution in [3.8, 4) is 0 Å². The van der Waals surface area contributed by atoms with Crippen molar-refractivity contribution >= 4 is 34.2 Å². The van der Waals surface area contributed by atoms with Gasteiger partial charge < -0.3 is 10.1 Å². The Morgan fingerprint density at radius 2 is 2.44 bits per heavy atom. The Bertz CT molecular complexity index is 328. The van der Waals surface area contributed by atoms with E-state index in [1.807, 2.05) is 20.0 Å². The zero-order valence-electron chi connectivity index (χ0n) is 9.49. The zero-order chi connectivity index (χ0) is 11.8. The first-order valence-corrected chi connectivity index (χ1v) is 7.15. The van der Waals surface area contributed by atoms with Crippen LogP contribution >= 0.6 is 23.1 Å². The highest BCUT2D eigenvalue weighted by molar-refractivity contribution is 7.99. The Labute approximate surface area is 104 Å². The summed E-state index contributed by atoms with van der Waals surface area (Å²) < 4.78 is 4.84. The molecular weight excluding hydrogens is 244 g/mol. The highest BCUT2D eigenvalue weighted by atomic mass is 32.2. The van der Waals surface area contributed by atoms with Crippen LogP contribution in [0.4, 0.5) is 5.13 Å². The lowest BCUT2D eigenvalue weighted by molar-refractivity contribution is -0.139. The molecule has 0 bridgehead atoms. The summed E-state index contributed by atoms with van der Waals surface area (Å²) in [4.78, 5) is 16.5. The second-order valence-electron chi connectivity index (χ2n) is 2.96. The summed E-state index contributed by atoms with van der Waals surface area (Å²) >= 11 is 3.18. The summed E-state index contributed by atoms with van der Waals surface area (Å²) in [7, 11) is 0. The van der Waals surface area contributed by atoms with Crippen LogP contribution in [0.5, 0.6) is 0 Å². The number of aromatic nitrogens is 1. The van der Waals surface area contributed by atoms with Crippen molar-refractivity contribution in [3.63, 3.8) is 0 Å². The van der Waals surface area contributed by atoms with Gasteiger partial charge in [-0.25, -0.2) is 4.98 Å². The molecule has 1 heterocycles. The molecule has 0 aliphatic heterocycles. The van der Waals surface area contributed by atoms with Crippen molar-refractivity contribution in [2.45, 2.75) is 19.6 Å². The van der Waals surface area contributed by atoms with E-state index in [1.54, 1.807) is 23.1 Å². The lowest BCUT2D eigenvalue weighted by Crippen LogP contribution is -2.06. The van der Waals surface area contributed by atoms with Gasteiger partial charge in [0.25, 0.3) is 0 Å². The quantitative estimate of drug-likeness (QED) is 0.763. The molecule has 0 saturated heterocycles. The molecule has 0 radical (unpaired) electrons. The molecule has 90 valence electrons. The number of carbonyl (C=O) groups is 1. The van der Waals surface area contributed by atoms with E-state index in [0.29, 0.717) is 12.4 Å². The lowest BCUT2D eigenvalue weighted by atomic mass is 10.6. The predicted octanol–water partition coefficient (Wildman–Crippen LogP) is 2.37. The minimum Gasteiger partial charge on any atom is -0.465 e. The number of nitrogens with one attached hydrogen (secondary N) is 1. The SMILES string of the molecule is CCNc1ncc(CSCC(=O)OCC)s1. The van der Waals surface area contributed by atoms with Crippen LogP contribution in [0.1, 0.15) is 18.7 Å². The van der Waals surface area contributed by atoms with E-state index in [-0.39, 0.29) is 5.97 Å². The molecule has 0 atom stereocenters. The van der Waals surface area contributed by atoms with E-state index < -0.39 is 0 Å². The van der Waals surface area contributed by atoms with E-state index >= 15 is 0 Å². The molecule has 0 spiro atoms. The van der Waals surface area contributed by atoms with Gasteiger partial charge in [-0.1, -0.05) is 0 Å². The fourth-order valence-corrected chi connectivity index (χ4v) is 2.83. The first-order chi connectivity index (χ1) is 7.76. The van der Waals surface area contributed by atoms with Crippen LogP contribution in [0.15, 0.2) is 6.20 Å². The number of esters is 1. The average Bonchev–Trinajstić information content (AvgIpc) is 2.67. The summed E-state index contributed by atoms with van der Waals surface area (Å²) in [6.45, 7) is 5.18. The normalized spacial score (nSPS) is 10.1. The third-order valence-corrected chi connectivity index (χ3v) is 3.74. The summed E-state index contributed by atoms with van der Waals surface area (Å²) in [5.74, 6) is 1.06. The molecule has 0 amide bonds. The van der Waals surface area contributed by atoms with Crippen LogP contribution in [0.3, 0.4) is 0 Å². The molecule has 4 nitrogen and oxygen atoms in total. The largest absolute Gasteiger partial charge is 0.465 e. The maximum atomic E-state index is 11.1. The molecule has 0 unspecified atom stereocenters. The van der Waals surface area contributed by atoms with Crippen molar-refractivity contribution in [1.29, 1.82) is 0 Å². The van der Waals surface area contributed by atoms with Gasteiger partial charge in [0.2, 0.25) is 0 Å². The van der Waals surface area contributed by atoms with E-state index in [9.17, 15) is 4.79 Å². The minimum absolute atomic E-state index is 0.149. The Hall–Kier alpha value is -0.750. The second kappa shape index (κ2) is 7.51. The molecule has 0 aliphatic carbocycles. The number of thiazole rings is 1. The summed E-state index contributed by atoms with van der Waals surface area (Å²) in [6, 6.07) is 0. The Kier molecular flexibility index (Phi) is 6.25. The Morgan fingerprint density at radius 1 is 1.62 bits per heavy atom. The molecule has 6 heteroatoms. The summed E-state index contributed by atoms with van der Waals surface area (Å²) in [6.07, 6.45) is 1.85. The Balaban J connectivity index is 2.23. The van der Waals surface area contributed by atoms with Gasteiger partial charge in [0.1, 0.15) is 0 Å². The van der Waals surface area contributed by atoms with Crippen molar-refractivity contribution in [2.24, 2.45) is 0 Å².